The Kier molecular flexibility index (Phi) is 7.94. The first-order chi connectivity index (χ1) is 17.5. The normalized spacial score (nSPS) is 23.9. The molecule has 2 saturated heterocycles. The van der Waals surface area contributed by atoms with Crippen molar-refractivity contribution in [2.24, 2.45) is 11.8 Å². The Morgan fingerprint density at radius 3 is 2.22 bits per heavy atom. The summed E-state index contributed by atoms with van der Waals surface area (Å²) in [6.45, 7) is 9.74. The van der Waals surface area contributed by atoms with Gasteiger partial charge in [0.05, 0.1) is 0 Å². The predicted octanol–water partition coefficient (Wildman–Crippen LogP) is 5.75. The summed E-state index contributed by atoms with van der Waals surface area (Å²) in [6.07, 6.45) is 9.97. The van der Waals surface area contributed by atoms with E-state index in [2.05, 4.69) is 70.7 Å². The van der Waals surface area contributed by atoms with Gasteiger partial charge in [0.25, 0.3) is 0 Å². The van der Waals surface area contributed by atoms with Gasteiger partial charge in [0, 0.05) is 44.2 Å². The monoisotopic (exact) mass is 506 g/mol. The van der Waals surface area contributed by atoms with Crippen LogP contribution in [0, 0.1) is 11.8 Å². The summed E-state index contributed by atoms with van der Waals surface area (Å²) in [7, 11) is 0. The van der Waals surface area contributed by atoms with Gasteiger partial charge >= 0.3 is 0 Å². The number of rotatable bonds is 6. The molecule has 3 heterocycles. The van der Waals surface area contributed by atoms with Crippen molar-refractivity contribution in [3.8, 4) is 0 Å². The largest absolute Gasteiger partial charge is 0.361 e. The van der Waals surface area contributed by atoms with Crippen LogP contribution >= 0.6 is 12.2 Å². The number of piperidine rings is 2. The second kappa shape index (κ2) is 11.3. The summed E-state index contributed by atoms with van der Waals surface area (Å²) >= 11 is 5.78. The molecular formula is C29H42N6S. The number of anilines is 3. The first-order valence-corrected chi connectivity index (χ1v) is 14.4. The summed E-state index contributed by atoms with van der Waals surface area (Å²) in [5.41, 5.74) is 1.56. The van der Waals surface area contributed by atoms with Crippen molar-refractivity contribution in [2.75, 3.05) is 47.8 Å². The minimum Gasteiger partial charge on any atom is -0.361 e. The zero-order valence-electron chi connectivity index (χ0n) is 22.0. The molecule has 2 aliphatic heterocycles. The van der Waals surface area contributed by atoms with Crippen molar-refractivity contribution in [3.05, 3.63) is 42.0 Å². The zero-order chi connectivity index (χ0) is 25.0. The molecule has 1 aromatic carbocycles. The van der Waals surface area contributed by atoms with Crippen LogP contribution in [-0.2, 0) is 5.41 Å². The summed E-state index contributed by atoms with van der Waals surface area (Å²) in [5, 5.41) is 7.51. The average molecular weight is 507 g/mol. The van der Waals surface area contributed by atoms with Crippen molar-refractivity contribution in [1.29, 1.82) is 0 Å². The average Bonchev–Trinajstić information content (AvgIpc) is 3.38. The van der Waals surface area contributed by atoms with Crippen LogP contribution in [0.25, 0.3) is 0 Å². The van der Waals surface area contributed by atoms with Gasteiger partial charge in [-0.25, -0.2) is 0 Å². The number of thiocarbonyl (C=S) groups is 1. The lowest BCUT2D eigenvalue weighted by Gasteiger charge is -2.36. The van der Waals surface area contributed by atoms with Crippen LogP contribution in [0.15, 0.2) is 36.4 Å². The highest BCUT2D eigenvalue weighted by Crippen LogP contribution is 2.40. The zero-order valence-corrected chi connectivity index (χ0v) is 22.8. The number of aromatic nitrogens is 2. The molecule has 3 fully saturated rings. The SMILES string of the molecule is C[C@@H]1C[C@@H](C)CN(c2cc(N3CCCCC3)nc(NC(=S)NCC3(c4ccccc4)CCCC3)n2)C1. The maximum atomic E-state index is 5.78. The molecule has 0 radical (unpaired) electrons. The first-order valence-electron chi connectivity index (χ1n) is 14.0. The molecule has 3 aliphatic rings. The smallest absolute Gasteiger partial charge is 0.232 e. The summed E-state index contributed by atoms with van der Waals surface area (Å²) in [4.78, 5) is 14.8. The van der Waals surface area contributed by atoms with E-state index in [1.165, 1.54) is 56.9 Å². The molecule has 1 aromatic heterocycles. The Labute approximate surface area is 222 Å². The summed E-state index contributed by atoms with van der Waals surface area (Å²) in [6, 6.07) is 13.1. The highest BCUT2D eigenvalue weighted by Gasteiger charge is 2.35. The van der Waals surface area contributed by atoms with Gasteiger partial charge in [-0.3, -0.25) is 0 Å². The second-order valence-corrected chi connectivity index (χ2v) is 11.9. The lowest BCUT2D eigenvalue weighted by molar-refractivity contribution is 0.355. The van der Waals surface area contributed by atoms with Crippen molar-refractivity contribution in [2.45, 2.75) is 70.6 Å². The molecule has 36 heavy (non-hydrogen) atoms. The molecule has 2 aromatic rings. The van der Waals surface area contributed by atoms with E-state index in [1.807, 2.05) is 0 Å². The lowest BCUT2D eigenvalue weighted by Crippen LogP contribution is -2.41. The quantitative estimate of drug-likeness (QED) is 0.484. The molecular weight excluding hydrogens is 464 g/mol. The number of hydrogen-bond acceptors (Lipinski definition) is 5. The summed E-state index contributed by atoms with van der Waals surface area (Å²) < 4.78 is 0. The maximum Gasteiger partial charge on any atom is 0.232 e. The minimum absolute atomic E-state index is 0.148. The standard InChI is InChI=1S/C29H42N6S/c1-22-17-23(2)20-35(19-22)26-18-25(34-15-9-4-10-16-34)31-27(32-26)33-28(36)30-21-29(13-7-8-14-29)24-11-5-3-6-12-24/h3,5-6,11-12,18,22-23H,4,7-10,13-17,19-21H2,1-2H3,(H2,30,31,32,33,36)/t22-,23-/m1/s1. The van der Waals surface area contributed by atoms with Crippen LogP contribution in [-0.4, -0.2) is 47.8 Å². The Hall–Kier alpha value is -2.41. The van der Waals surface area contributed by atoms with Crippen LogP contribution < -0.4 is 20.4 Å². The Morgan fingerprint density at radius 2 is 1.56 bits per heavy atom. The van der Waals surface area contributed by atoms with Crippen LogP contribution in [0.4, 0.5) is 17.6 Å². The van der Waals surface area contributed by atoms with E-state index in [0.29, 0.717) is 22.9 Å². The van der Waals surface area contributed by atoms with Crippen LogP contribution in [0.5, 0.6) is 0 Å². The van der Waals surface area contributed by atoms with Crippen LogP contribution in [0.2, 0.25) is 0 Å². The fourth-order valence-electron chi connectivity index (χ4n) is 6.58. The number of hydrogen-bond donors (Lipinski definition) is 2. The minimum atomic E-state index is 0.148. The van der Waals surface area contributed by atoms with Crippen molar-refractivity contribution in [3.63, 3.8) is 0 Å². The van der Waals surface area contributed by atoms with Crippen molar-refractivity contribution >= 4 is 34.9 Å². The first kappa shape index (κ1) is 25.2. The molecule has 0 unspecified atom stereocenters. The van der Waals surface area contributed by atoms with E-state index >= 15 is 0 Å². The third kappa shape index (κ3) is 5.93. The molecule has 0 amide bonds. The van der Waals surface area contributed by atoms with Gasteiger partial charge < -0.3 is 20.4 Å². The van der Waals surface area contributed by atoms with E-state index in [9.17, 15) is 0 Å². The molecule has 194 valence electrons. The van der Waals surface area contributed by atoms with E-state index in [0.717, 1.165) is 44.4 Å². The Morgan fingerprint density at radius 1 is 0.917 bits per heavy atom. The Bertz CT molecular complexity index is 1010. The van der Waals surface area contributed by atoms with Gasteiger partial charge in [-0.05, 0) is 68.1 Å². The number of nitrogens with zero attached hydrogens (tertiary/aromatic N) is 4. The Balaban J connectivity index is 1.32. The van der Waals surface area contributed by atoms with Crippen molar-refractivity contribution in [1.82, 2.24) is 15.3 Å². The van der Waals surface area contributed by atoms with E-state index in [1.54, 1.807) is 0 Å². The molecule has 0 spiro atoms. The van der Waals surface area contributed by atoms with E-state index < -0.39 is 0 Å². The van der Waals surface area contributed by atoms with Gasteiger partial charge in [0.2, 0.25) is 5.95 Å². The van der Waals surface area contributed by atoms with E-state index in [4.69, 9.17) is 22.2 Å². The second-order valence-electron chi connectivity index (χ2n) is 11.5. The van der Waals surface area contributed by atoms with E-state index in [-0.39, 0.29) is 5.41 Å². The predicted molar refractivity (Wildman–Crippen MR) is 154 cm³/mol. The van der Waals surface area contributed by atoms with Crippen LogP contribution in [0.3, 0.4) is 0 Å². The van der Waals surface area contributed by atoms with Gasteiger partial charge in [0.1, 0.15) is 11.6 Å². The fraction of sp³-hybridized carbons (Fsp3) is 0.621. The molecule has 5 rings (SSSR count). The molecule has 2 atom stereocenters. The van der Waals surface area contributed by atoms with Crippen LogP contribution in [0.1, 0.15) is 70.8 Å². The van der Waals surface area contributed by atoms with Gasteiger partial charge in [0.15, 0.2) is 5.11 Å². The maximum absolute atomic E-state index is 5.78. The lowest BCUT2D eigenvalue weighted by atomic mass is 9.79. The highest BCUT2D eigenvalue weighted by molar-refractivity contribution is 7.80. The van der Waals surface area contributed by atoms with Gasteiger partial charge in [-0.1, -0.05) is 57.0 Å². The highest BCUT2D eigenvalue weighted by atomic mass is 32.1. The molecule has 6 nitrogen and oxygen atoms in total. The molecule has 2 N–H and O–H groups in total. The molecule has 1 aliphatic carbocycles. The number of benzene rings is 1. The molecule has 0 bridgehead atoms. The van der Waals surface area contributed by atoms with Crippen molar-refractivity contribution < 1.29 is 0 Å². The third-order valence-electron chi connectivity index (χ3n) is 8.33. The molecule has 1 saturated carbocycles. The van der Waals surface area contributed by atoms with Gasteiger partial charge in [-0.15, -0.1) is 0 Å². The third-order valence-corrected chi connectivity index (χ3v) is 8.58. The van der Waals surface area contributed by atoms with Gasteiger partial charge in [-0.2, -0.15) is 9.97 Å². The number of nitrogens with one attached hydrogen (secondary N) is 2. The summed E-state index contributed by atoms with van der Waals surface area (Å²) in [5.74, 6) is 3.98. The fourth-order valence-corrected chi connectivity index (χ4v) is 6.74. The topological polar surface area (TPSA) is 56.3 Å². The molecule has 7 heteroatoms.